The largest absolute Gasteiger partial charge is 0.459 e. The zero-order chi connectivity index (χ0) is 15.1. The predicted molar refractivity (Wildman–Crippen MR) is 88.0 cm³/mol. The molecule has 0 saturated heterocycles. The molecule has 0 atom stereocenters. The molecule has 1 N–H and O–H groups in total. The van der Waals surface area contributed by atoms with Crippen LogP contribution in [0.3, 0.4) is 0 Å². The molecule has 112 valence electrons. The van der Waals surface area contributed by atoms with E-state index in [1.54, 1.807) is 0 Å². The molecule has 0 unspecified atom stereocenters. The monoisotopic (exact) mass is 284 g/mol. The highest BCUT2D eigenvalue weighted by molar-refractivity contribution is 5.82. The van der Waals surface area contributed by atoms with Gasteiger partial charge in [0.2, 0.25) is 0 Å². The lowest BCUT2D eigenvalue weighted by Gasteiger charge is -2.19. The first-order valence-electron chi connectivity index (χ1n) is 7.65. The van der Waals surface area contributed by atoms with Crippen LogP contribution >= 0.6 is 0 Å². The number of fused-ring (bicyclic) bond motifs is 1. The first-order valence-corrected chi connectivity index (χ1v) is 7.65. The first-order chi connectivity index (χ1) is 10.3. The SMILES string of the molecule is C#CCN(CCC)Cc1c(CNCC)oc2ccccc12. The van der Waals surface area contributed by atoms with Crippen molar-refractivity contribution in [2.75, 3.05) is 19.6 Å². The summed E-state index contributed by atoms with van der Waals surface area (Å²) < 4.78 is 6.02. The van der Waals surface area contributed by atoms with E-state index in [4.69, 9.17) is 10.8 Å². The molecule has 2 rings (SSSR count). The van der Waals surface area contributed by atoms with Crippen molar-refractivity contribution < 1.29 is 4.42 Å². The number of benzene rings is 1. The summed E-state index contributed by atoms with van der Waals surface area (Å²) in [6, 6.07) is 8.23. The van der Waals surface area contributed by atoms with Gasteiger partial charge >= 0.3 is 0 Å². The van der Waals surface area contributed by atoms with Crippen LogP contribution in [0.5, 0.6) is 0 Å². The molecule has 0 amide bonds. The van der Waals surface area contributed by atoms with Crippen LogP contribution in [-0.2, 0) is 13.1 Å². The van der Waals surface area contributed by atoms with Crippen molar-refractivity contribution in [3.05, 3.63) is 35.6 Å². The van der Waals surface area contributed by atoms with E-state index >= 15 is 0 Å². The lowest BCUT2D eigenvalue weighted by molar-refractivity contribution is 0.297. The molecule has 3 nitrogen and oxygen atoms in total. The Hall–Kier alpha value is -1.76. The summed E-state index contributed by atoms with van der Waals surface area (Å²) in [5, 5.41) is 4.55. The Kier molecular flexibility index (Phi) is 5.86. The van der Waals surface area contributed by atoms with Crippen LogP contribution in [0.1, 0.15) is 31.6 Å². The van der Waals surface area contributed by atoms with Crippen molar-refractivity contribution in [3.63, 3.8) is 0 Å². The first kappa shape index (κ1) is 15.6. The Balaban J connectivity index is 2.32. The fraction of sp³-hybridized carbons (Fsp3) is 0.444. The van der Waals surface area contributed by atoms with E-state index in [1.807, 2.05) is 12.1 Å². The van der Waals surface area contributed by atoms with Crippen LogP contribution in [0.25, 0.3) is 11.0 Å². The van der Waals surface area contributed by atoms with Crippen molar-refractivity contribution >= 4 is 11.0 Å². The highest BCUT2D eigenvalue weighted by Gasteiger charge is 2.16. The minimum atomic E-state index is 0.675. The summed E-state index contributed by atoms with van der Waals surface area (Å²) in [6.07, 6.45) is 6.59. The number of para-hydroxylation sites is 1. The van der Waals surface area contributed by atoms with Crippen molar-refractivity contribution in [1.29, 1.82) is 0 Å². The number of rotatable bonds is 8. The molecular formula is C18H24N2O. The minimum Gasteiger partial charge on any atom is -0.459 e. The molecule has 0 aliphatic rings. The fourth-order valence-electron chi connectivity index (χ4n) is 2.59. The van der Waals surface area contributed by atoms with Crippen LogP contribution < -0.4 is 5.32 Å². The maximum atomic E-state index is 6.02. The van der Waals surface area contributed by atoms with E-state index in [0.717, 1.165) is 43.9 Å². The lowest BCUT2D eigenvalue weighted by atomic mass is 10.1. The van der Waals surface area contributed by atoms with Gasteiger partial charge in [0.25, 0.3) is 0 Å². The Bertz CT molecular complexity index is 609. The highest BCUT2D eigenvalue weighted by atomic mass is 16.3. The van der Waals surface area contributed by atoms with Gasteiger partial charge in [0.15, 0.2) is 0 Å². The zero-order valence-corrected chi connectivity index (χ0v) is 13.0. The van der Waals surface area contributed by atoms with E-state index in [9.17, 15) is 0 Å². The summed E-state index contributed by atoms with van der Waals surface area (Å²) in [5.41, 5.74) is 2.22. The van der Waals surface area contributed by atoms with Crippen molar-refractivity contribution in [1.82, 2.24) is 10.2 Å². The Morgan fingerprint density at radius 3 is 2.81 bits per heavy atom. The van der Waals surface area contributed by atoms with Gasteiger partial charge in [0.1, 0.15) is 11.3 Å². The fourth-order valence-corrected chi connectivity index (χ4v) is 2.59. The topological polar surface area (TPSA) is 28.4 Å². The Morgan fingerprint density at radius 2 is 2.10 bits per heavy atom. The number of hydrogen-bond acceptors (Lipinski definition) is 3. The standard InChI is InChI=1S/C18H24N2O/c1-4-11-20(12-5-2)14-16-15-9-7-8-10-17(15)21-18(16)13-19-6-3/h1,7-10,19H,5-6,11-14H2,2-3H3. The molecule has 1 heterocycles. The lowest BCUT2D eigenvalue weighted by Crippen LogP contribution is -2.25. The molecule has 0 saturated carbocycles. The van der Waals surface area contributed by atoms with Gasteiger partial charge < -0.3 is 9.73 Å². The summed E-state index contributed by atoms with van der Waals surface area (Å²) in [7, 11) is 0. The second kappa shape index (κ2) is 7.87. The molecular weight excluding hydrogens is 260 g/mol. The highest BCUT2D eigenvalue weighted by Crippen LogP contribution is 2.27. The van der Waals surface area contributed by atoms with Gasteiger partial charge in [-0.2, -0.15) is 0 Å². The smallest absolute Gasteiger partial charge is 0.134 e. The van der Waals surface area contributed by atoms with Gasteiger partial charge in [-0.1, -0.05) is 38.0 Å². The molecule has 0 radical (unpaired) electrons. The van der Waals surface area contributed by atoms with Crippen molar-refractivity contribution in [2.45, 2.75) is 33.4 Å². The van der Waals surface area contributed by atoms with Crippen LogP contribution in [0, 0.1) is 12.3 Å². The van der Waals surface area contributed by atoms with E-state index in [2.05, 4.69) is 42.1 Å². The maximum Gasteiger partial charge on any atom is 0.134 e. The molecule has 21 heavy (non-hydrogen) atoms. The summed E-state index contributed by atoms with van der Waals surface area (Å²) in [4.78, 5) is 2.30. The van der Waals surface area contributed by atoms with E-state index in [0.29, 0.717) is 6.54 Å². The van der Waals surface area contributed by atoms with Gasteiger partial charge in [-0.3, -0.25) is 4.90 Å². The quantitative estimate of drug-likeness (QED) is 0.753. The van der Waals surface area contributed by atoms with Gasteiger partial charge in [-0.05, 0) is 25.6 Å². The molecule has 0 spiro atoms. The number of nitrogens with one attached hydrogen (secondary N) is 1. The average molecular weight is 284 g/mol. The minimum absolute atomic E-state index is 0.675. The normalized spacial score (nSPS) is 11.1. The molecule has 0 aliphatic heterocycles. The third-order valence-electron chi connectivity index (χ3n) is 3.55. The van der Waals surface area contributed by atoms with Crippen molar-refractivity contribution in [3.8, 4) is 12.3 Å². The van der Waals surface area contributed by atoms with E-state index in [-0.39, 0.29) is 0 Å². The summed E-state index contributed by atoms with van der Waals surface area (Å²) >= 11 is 0. The maximum absolute atomic E-state index is 6.02. The van der Waals surface area contributed by atoms with Gasteiger partial charge in [-0.15, -0.1) is 6.42 Å². The van der Waals surface area contributed by atoms with E-state index < -0.39 is 0 Å². The molecule has 0 bridgehead atoms. The zero-order valence-electron chi connectivity index (χ0n) is 13.0. The predicted octanol–water partition coefficient (Wildman–Crippen LogP) is 3.39. The van der Waals surface area contributed by atoms with Gasteiger partial charge in [-0.25, -0.2) is 0 Å². The Labute approximate surface area is 127 Å². The van der Waals surface area contributed by atoms with Gasteiger partial charge in [0.05, 0.1) is 13.1 Å². The summed E-state index contributed by atoms with van der Waals surface area (Å²) in [5.74, 6) is 3.78. The average Bonchev–Trinajstić information content (AvgIpc) is 2.84. The molecule has 0 fully saturated rings. The second-order valence-electron chi connectivity index (χ2n) is 5.20. The van der Waals surface area contributed by atoms with Crippen LogP contribution in [0.2, 0.25) is 0 Å². The summed E-state index contributed by atoms with van der Waals surface area (Å²) in [6.45, 7) is 8.49. The molecule has 3 heteroatoms. The number of furan rings is 1. The van der Waals surface area contributed by atoms with Crippen LogP contribution in [-0.4, -0.2) is 24.5 Å². The van der Waals surface area contributed by atoms with Gasteiger partial charge in [0, 0.05) is 17.5 Å². The third kappa shape index (κ3) is 3.87. The van der Waals surface area contributed by atoms with Crippen LogP contribution in [0.15, 0.2) is 28.7 Å². The van der Waals surface area contributed by atoms with E-state index in [1.165, 1.54) is 10.9 Å². The Morgan fingerprint density at radius 1 is 1.29 bits per heavy atom. The molecule has 2 aromatic rings. The molecule has 1 aromatic heterocycles. The van der Waals surface area contributed by atoms with Crippen molar-refractivity contribution in [2.24, 2.45) is 0 Å². The number of nitrogens with zero attached hydrogens (tertiary/aromatic N) is 1. The number of terminal acetylenes is 1. The number of hydrogen-bond donors (Lipinski definition) is 1. The molecule has 0 aliphatic carbocycles. The third-order valence-corrected chi connectivity index (χ3v) is 3.55. The second-order valence-corrected chi connectivity index (χ2v) is 5.20. The molecule has 1 aromatic carbocycles. The van der Waals surface area contributed by atoms with Crippen LogP contribution in [0.4, 0.5) is 0 Å².